The van der Waals surface area contributed by atoms with E-state index in [1.165, 1.54) is 29.3 Å². The zero-order valence-corrected chi connectivity index (χ0v) is 13.6. The van der Waals surface area contributed by atoms with Gasteiger partial charge in [-0.1, -0.05) is 26.0 Å². The lowest BCUT2D eigenvalue weighted by Crippen LogP contribution is -2.18. The number of aromatic nitrogens is 1. The Morgan fingerprint density at radius 2 is 2.10 bits per heavy atom. The first-order chi connectivity index (χ1) is 10.2. The van der Waals surface area contributed by atoms with Gasteiger partial charge in [0, 0.05) is 43.8 Å². The molecule has 0 fully saturated rings. The lowest BCUT2D eigenvalue weighted by Gasteiger charge is -2.09. The van der Waals surface area contributed by atoms with Gasteiger partial charge in [-0.2, -0.15) is 0 Å². The Morgan fingerprint density at radius 1 is 1.24 bits per heavy atom. The first kappa shape index (κ1) is 16.1. The van der Waals surface area contributed by atoms with Crippen LogP contribution in [0.1, 0.15) is 32.3 Å². The van der Waals surface area contributed by atoms with Crippen molar-refractivity contribution in [1.29, 1.82) is 0 Å². The molecule has 0 saturated carbocycles. The summed E-state index contributed by atoms with van der Waals surface area (Å²) in [7, 11) is 1.74. The summed E-state index contributed by atoms with van der Waals surface area (Å²) in [6, 6.07) is 8.84. The number of aryl methyl sites for hydroxylation is 1. The van der Waals surface area contributed by atoms with Gasteiger partial charge >= 0.3 is 0 Å². The highest BCUT2D eigenvalue weighted by molar-refractivity contribution is 5.83. The third-order valence-corrected chi connectivity index (χ3v) is 3.88. The Bertz CT molecular complexity index is 545. The SMILES string of the molecule is COCCNCc1cccc2c1ccn2CCCC(C)C. The number of rotatable bonds is 9. The highest BCUT2D eigenvalue weighted by atomic mass is 16.5. The van der Waals surface area contributed by atoms with Crippen molar-refractivity contribution in [2.75, 3.05) is 20.3 Å². The monoisotopic (exact) mass is 288 g/mol. The van der Waals surface area contributed by atoms with Crippen molar-refractivity contribution in [3.63, 3.8) is 0 Å². The predicted octanol–water partition coefficient (Wildman–Crippen LogP) is 3.81. The van der Waals surface area contributed by atoms with Crippen molar-refractivity contribution < 1.29 is 4.74 Å². The van der Waals surface area contributed by atoms with Gasteiger partial charge in [0.05, 0.1) is 6.61 Å². The summed E-state index contributed by atoms with van der Waals surface area (Å²) in [4.78, 5) is 0. The molecule has 1 aromatic heterocycles. The van der Waals surface area contributed by atoms with E-state index in [-0.39, 0.29) is 0 Å². The molecule has 116 valence electrons. The highest BCUT2D eigenvalue weighted by Crippen LogP contribution is 2.21. The zero-order valence-electron chi connectivity index (χ0n) is 13.6. The molecular formula is C18H28N2O. The number of ether oxygens (including phenoxy) is 1. The third-order valence-electron chi connectivity index (χ3n) is 3.88. The number of methoxy groups -OCH3 is 1. The Hall–Kier alpha value is -1.32. The van der Waals surface area contributed by atoms with Crippen LogP contribution in [0.3, 0.4) is 0 Å². The average Bonchev–Trinajstić information content (AvgIpc) is 2.87. The van der Waals surface area contributed by atoms with Crippen LogP contribution in [0, 0.1) is 5.92 Å². The fourth-order valence-electron chi connectivity index (χ4n) is 2.70. The topological polar surface area (TPSA) is 26.2 Å². The molecule has 0 aliphatic carbocycles. The maximum absolute atomic E-state index is 5.07. The molecule has 1 N–H and O–H groups in total. The number of benzene rings is 1. The van der Waals surface area contributed by atoms with Gasteiger partial charge in [0.25, 0.3) is 0 Å². The summed E-state index contributed by atoms with van der Waals surface area (Å²) < 4.78 is 7.45. The minimum atomic E-state index is 0.756. The minimum Gasteiger partial charge on any atom is -0.383 e. The molecule has 21 heavy (non-hydrogen) atoms. The fraction of sp³-hybridized carbons (Fsp3) is 0.556. The van der Waals surface area contributed by atoms with Gasteiger partial charge in [0.1, 0.15) is 0 Å². The summed E-state index contributed by atoms with van der Waals surface area (Å²) >= 11 is 0. The quantitative estimate of drug-likeness (QED) is 0.710. The lowest BCUT2D eigenvalue weighted by atomic mass is 10.1. The molecule has 3 nitrogen and oxygen atoms in total. The Morgan fingerprint density at radius 3 is 2.86 bits per heavy atom. The van der Waals surface area contributed by atoms with Gasteiger partial charge < -0.3 is 14.6 Å². The van der Waals surface area contributed by atoms with Crippen molar-refractivity contribution in [2.24, 2.45) is 5.92 Å². The van der Waals surface area contributed by atoms with E-state index in [2.05, 4.69) is 54.2 Å². The van der Waals surface area contributed by atoms with E-state index >= 15 is 0 Å². The number of hydrogen-bond donors (Lipinski definition) is 1. The maximum atomic E-state index is 5.07. The Balaban J connectivity index is 2.02. The van der Waals surface area contributed by atoms with Crippen molar-refractivity contribution >= 4 is 10.9 Å². The van der Waals surface area contributed by atoms with Crippen molar-refractivity contribution in [3.8, 4) is 0 Å². The molecule has 0 amide bonds. The van der Waals surface area contributed by atoms with Gasteiger partial charge in [-0.15, -0.1) is 0 Å². The van der Waals surface area contributed by atoms with E-state index in [1.54, 1.807) is 7.11 Å². The van der Waals surface area contributed by atoms with Crippen LogP contribution in [0.2, 0.25) is 0 Å². The predicted molar refractivity (Wildman–Crippen MR) is 89.6 cm³/mol. The van der Waals surface area contributed by atoms with Crippen LogP contribution >= 0.6 is 0 Å². The second-order valence-electron chi connectivity index (χ2n) is 6.06. The normalized spacial score (nSPS) is 11.6. The van der Waals surface area contributed by atoms with E-state index < -0.39 is 0 Å². The molecule has 1 aromatic carbocycles. The molecule has 0 aliphatic rings. The molecule has 2 aromatic rings. The largest absolute Gasteiger partial charge is 0.383 e. The molecular weight excluding hydrogens is 260 g/mol. The molecule has 2 rings (SSSR count). The van der Waals surface area contributed by atoms with Gasteiger partial charge in [-0.25, -0.2) is 0 Å². The molecule has 0 bridgehead atoms. The summed E-state index contributed by atoms with van der Waals surface area (Å²) in [6.07, 6.45) is 4.76. The van der Waals surface area contributed by atoms with Crippen molar-refractivity contribution in [2.45, 2.75) is 39.8 Å². The molecule has 0 radical (unpaired) electrons. The second-order valence-corrected chi connectivity index (χ2v) is 6.06. The third kappa shape index (κ3) is 4.58. The average molecular weight is 288 g/mol. The number of nitrogens with one attached hydrogen (secondary N) is 1. The highest BCUT2D eigenvalue weighted by Gasteiger charge is 2.05. The van der Waals surface area contributed by atoms with Crippen molar-refractivity contribution in [3.05, 3.63) is 36.0 Å². The molecule has 0 atom stereocenters. The number of fused-ring (bicyclic) bond motifs is 1. The maximum Gasteiger partial charge on any atom is 0.0587 e. The van der Waals surface area contributed by atoms with Crippen LogP contribution < -0.4 is 5.32 Å². The Labute approximate surface area is 128 Å². The van der Waals surface area contributed by atoms with Crippen molar-refractivity contribution in [1.82, 2.24) is 9.88 Å². The molecule has 1 heterocycles. The molecule has 3 heteroatoms. The molecule has 0 spiro atoms. The first-order valence-corrected chi connectivity index (χ1v) is 7.98. The van der Waals surface area contributed by atoms with E-state index in [9.17, 15) is 0 Å². The summed E-state index contributed by atoms with van der Waals surface area (Å²) in [5.74, 6) is 0.785. The van der Waals surface area contributed by atoms with Gasteiger partial charge in [-0.05, 0) is 36.5 Å². The standard InChI is InChI=1S/C18H28N2O/c1-15(2)6-5-11-20-12-9-17-16(7-4-8-18(17)20)14-19-10-13-21-3/h4,7-9,12,15,19H,5-6,10-11,13-14H2,1-3H3. The van der Waals surface area contributed by atoms with Crippen LogP contribution in [0.4, 0.5) is 0 Å². The van der Waals surface area contributed by atoms with Gasteiger partial charge in [0.2, 0.25) is 0 Å². The summed E-state index contributed by atoms with van der Waals surface area (Å²) in [6.45, 7) is 8.24. The first-order valence-electron chi connectivity index (χ1n) is 7.98. The Kier molecular flexibility index (Phi) is 6.27. The molecule has 0 aliphatic heterocycles. The number of nitrogens with zero attached hydrogens (tertiary/aromatic N) is 1. The lowest BCUT2D eigenvalue weighted by molar-refractivity contribution is 0.199. The second kappa shape index (κ2) is 8.20. The smallest absolute Gasteiger partial charge is 0.0587 e. The van der Waals surface area contributed by atoms with E-state index in [0.29, 0.717) is 0 Å². The van der Waals surface area contributed by atoms with Crippen LogP contribution in [-0.2, 0) is 17.8 Å². The molecule has 0 unspecified atom stereocenters. The van der Waals surface area contributed by atoms with Crippen LogP contribution in [-0.4, -0.2) is 24.8 Å². The molecule has 0 saturated heterocycles. The minimum absolute atomic E-state index is 0.756. The fourth-order valence-corrected chi connectivity index (χ4v) is 2.70. The van der Waals surface area contributed by atoms with Gasteiger partial charge in [-0.3, -0.25) is 0 Å². The van der Waals surface area contributed by atoms with Crippen LogP contribution in [0.5, 0.6) is 0 Å². The van der Waals surface area contributed by atoms with Gasteiger partial charge in [0.15, 0.2) is 0 Å². The van der Waals surface area contributed by atoms with E-state index in [1.807, 2.05) is 0 Å². The zero-order chi connectivity index (χ0) is 15.1. The summed E-state index contributed by atoms with van der Waals surface area (Å²) in [5, 5.41) is 4.80. The summed E-state index contributed by atoms with van der Waals surface area (Å²) in [5.41, 5.74) is 2.72. The number of hydrogen-bond acceptors (Lipinski definition) is 2. The van der Waals surface area contributed by atoms with Crippen LogP contribution in [0.25, 0.3) is 10.9 Å². The van der Waals surface area contributed by atoms with Crippen LogP contribution in [0.15, 0.2) is 30.5 Å². The van der Waals surface area contributed by atoms with E-state index in [4.69, 9.17) is 4.74 Å². The van der Waals surface area contributed by atoms with E-state index in [0.717, 1.165) is 32.2 Å².